The molecule has 0 aliphatic carbocycles. The van der Waals surface area contributed by atoms with Crippen LogP contribution in [0.25, 0.3) is 11.0 Å². The molecule has 3 N–H and O–H groups in total. The van der Waals surface area contributed by atoms with Gasteiger partial charge in [0.15, 0.2) is 0 Å². The van der Waals surface area contributed by atoms with Gasteiger partial charge in [-0.25, -0.2) is 9.59 Å². The van der Waals surface area contributed by atoms with Gasteiger partial charge in [0.25, 0.3) is 0 Å². The molecular formula is C20H22N4O4. The van der Waals surface area contributed by atoms with Gasteiger partial charge < -0.3 is 29.7 Å². The van der Waals surface area contributed by atoms with E-state index >= 15 is 0 Å². The van der Waals surface area contributed by atoms with Crippen molar-refractivity contribution < 1.29 is 14.3 Å². The molecular weight excluding hydrogens is 360 g/mol. The second-order valence-corrected chi connectivity index (χ2v) is 6.74. The van der Waals surface area contributed by atoms with Crippen molar-refractivity contribution in [2.45, 2.75) is 18.9 Å². The number of nitrogens with one attached hydrogen (secondary N) is 3. The van der Waals surface area contributed by atoms with Crippen LogP contribution in [0.2, 0.25) is 0 Å². The minimum absolute atomic E-state index is 0.0168. The van der Waals surface area contributed by atoms with E-state index in [0.717, 1.165) is 24.2 Å². The van der Waals surface area contributed by atoms with E-state index < -0.39 is 0 Å². The smallest absolute Gasteiger partial charge is 0.323 e. The van der Waals surface area contributed by atoms with E-state index in [1.165, 1.54) is 7.11 Å². The predicted octanol–water partition coefficient (Wildman–Crippen LogP) is 3.24. The third kappa shape index (κ3) is 3.28. The summed E-state index contributed by atoms with van der Waals surface area (Å²) in [6.07, 6.45) is 1.82. The molecule has 1 unspecified atom stereocenters. The Kier molecular flexibility index (Phi) is 4.68. The molecule has 146 valence electrons. The van der Waals surface area contributed by atoms with Crippen LogP contribution in [0.1, 0.15) is 24.4 Å². The van der Waals surface area contributed by atoms with E-state index in [0.29, 0.717) is 29.0 Å². The van der Waals surface area contributed by atoms with Crippen molar-refractivity contribution in [3.05, 3.63) is 52.4 Å². The van der Waals surface area contributed by atoms with E-state index in [-0.39, 0.29) is 17.8 Å². The second-order valence-electron chi connectivity index (χ2n) is 6.74. The minimum atomic E-state index is -0.307. The number of amides is 2. The van der Waals surface area contributed by atoms with E-state index in [1.807, 2.05) is 29.2 Å². The highest BCUT2D eigenvalue weighted by Crippen LogP contribution is 2.35. The standard InChI is InChI=1S/C20H22N4O4/c1-27-13-6-3-5-12(9-13)17-7-4-8-24(17)20(26)23-16-10-14-15(11-18(16)28-2)22-19(25)21-14/h3,5-6,9-11,17H,4,7-8H2,1-2H3,(H,23,26)(H2,21,22,25). The number of rotatable bonds is 4. The lowest BCUT2D eigenvalue weighted by Gasteiger charge is -2.26. The Balaban J connectivity index is 1.60. The number of imidazole rings is 1. The molecule has 0 radical (unpaired) electrons. The average molecular weight is 382 g/mol. The number of anilines is 1. The van der Waals surface area contributed by atoms with Crippen LogP contribution >= 0.6 is 0 Å². The Labute approximate surface area is 161 Å². The fourth-order valence-corrected chi connectivity index (χ4v) is 3.72. The van der Waals surface area contributed by atoms with Crippen molar-refractivity contribution >= 4 is 22.8 Å². The van der Waals surface area contributed by atoms with Crippen molar-refractivity contribution in [1.29, 1.82) is 0 Å². The molecule has 28 heavy (non-hydrogen) atoms. The van der Waals surface area contributed by atoms with Gasteiger partial charge in [-0.2, -0.15) is 0 Å². The van der Waals surface area contributed by atoms with Crippen molar-refractivity contribution in [3.8, 4) is 11.5 Å². The van der Waals surface area contributed by atoms with Gasteiger partial charge in [-0.1, -0.05) is 12.1 Å². The van der Waals surface area contributed by atoms with Crippen LogP contribution in [0.15, 0.2) is 41.2 Å². The molecule has 1 fully saturated rings. The number of fused-ring (bicyclic) bond motifs is 1. The Bertz CT molecular complexity index is 1070. The molecule has 0 spiro atoms. The van der Waals surface area contributed by atoms with Crippen LogP contribution in [-0.2, 0) is 0 Å². The molecule has 4 rings (SSSR count). The van der Waals surface area contributed by atoms with E-state index in [4.69, 9.17) is 9.47 Å². The quantitative estimate of drug-likeness (QED) is 0.645. The van der Waals surface area contributed by atoms with E-state index in [9.17, 15) is 9.59 Å². The summed E-state index contributed by atoms with van der Waals surface area (Å²) in [5.74, 6) is 1.25. The Morgan fingerprint density at radius 3 is 2.68 bits per heavy atom. The first-order chi connectivity index (χ1) is 13.6. The predicted molar refractivity (Wildman–Crippen MR) is 106 cm³/mol. The maximum Gasteiger partial charge on any atom is 0.323 e. The number of likely N-dealkylation sites (tertiary alicyclic amines) is 1. The van der Waals surface area contributed by atoms with Crippen LogP contribution in [0, 0.1) is 0 Å². The molecule has 1 aliphatic heterocycles. The normalized spacial score (nSPS) is 16.4. The molecule has 1 aromatic heterocycles. The average Bonchev–Trinajstić information content (AvgIpc) is 3.33. The van der Waals surface area contributed by atoms with Crippen LogP contribution in [-0.4, -0.2) is 41.7 Å². The molecule has 0 bridgehead atoms. The highest BCUT2D eigenvalue weighted by molar-refractivity contribution is 5.94. The van der Waals surface area contributed by atoms with Gasteiger partial charge in [0, 0.05) is 12.6 Å². The molecule has 1 saturated heterocycles. The van der Waals surface area contributed by atoms with Gasteiger partial charge in [-0.3, -0.25) is 0 Å². The lowest BCUT2D eigenvalue weighted by atomic mass is 10.0. The first-order valence-corrected chi connectivity index (χ1v) is 9.10. The Hall–Kier alpha value is -3.42. The number of carbonyl (C=O) groups excluding carboxylic acids is 1. The summed E-state index contributed by atoms with van der Waals surface area (Å²) in [5.41, 5.74) is 2.47. The van der Waals surface area contributed by atoms with Crippen LogP contribution in [0.5, 0.6) is 11.5 Å². The van der Waals surface area contributed by atoms with Gasteiger partial charge in [-0.15, -0.1) is 0 Å². The molecule has 0 saturated carbocycles. The summed E-state index contributed by atoms with van der Waals surface area (Å²) < 4.78 is 10.7. The van der Waals surface area contributed by atoms with Crippen molar-refractivity contribution in [3.63, 3.8) is 0 Å². The monoisotopic (exact) mass is 382 g/mol. The van der Waals surface area contributed by atoms with E-state index in [1.54, 1.807) is 19.2 Å². The summed E-state index contributed by atoms with van der Waals surface area (Å²) in [6.45, 7) is 0.666. The van der Waals surface area contributed by atoms with Gasteiger partial charge in [0.05, 0.1) is 37.0 Å². The highest BCUT2D eigenvalue weighted by Gasteiger charge is 2.30. The number of nitrogens with zero attached hydrogens (tertiary/aromatic N) is 1. The minimum Gasteiger partial charge on any atom is -0.497 e. The summed E-state index contributed by atoms with van der Waals surface area (Å²) >= 11 is 0. The number of benzene rings is 2. The van der Waals surface area contributed by atoms with Crippen molar-refractivity contribution in [1.82, 2.24) is 14.9 Å². The molecule has 8 nitrogen and oxygen atoms in total. The number of ether oxygens (including phenoxy) is 2. The van der Waals surface area contributed by atoms with Crippen LogP contribution < -0.4 is 20.5 Å². The maximum atomic E-state index is 13.0. The number of aromatic amines is 2. The molecule has 1 aliphatic rings. The van der Waals surface area contributed by atoms with Crippen molar-refractivity contribution in [2.75, 3.05) is 26.1 Å². The Morgan fingerprint density at radius 1 is 1.14 bits per heavy atom. The first-order valence-electron chi connectivity index (χ1n) is 9.10. The van der Waals surface area contributed by atoms with Gasteiger partial charge >= 0.3 is 11.7 Å². The second kappa shape index (κ2) is 7.30. The zero-order valence-electron chi connectivity index (χ0n) is 15.7. The number of methoxy groups -OCH3 is 2. The summed E-state index contributed by atoms with van der Waals surface area (Å²) in [6, 6.07) is 11.0. The van der Waals surface area contributed by atoms with Crippen LogP contribution in [0.4, 0.5) is 10.5 Å². The zero-order chi connectivity index (χ0) is 19.7. The summed E-state index contributed by atoms with van der Waals surface area (Å²) in [5, 5.41) is 2.93. The van der Waals surface area contributed by atoms with Gasteiger partial charge in [-0.05, 0) is 36.6 Å². The Morgan fingerprint density at radius 2 is 1.93 bits per heavy atom. The molecule has 1 atom stereocenters. The largest absolute Gasteiger partial charge is 0.497 e. The molecule has 3 aromatic rings. The third-order valence-corrected chi connectivity index (χ3v) is 5.07. The topological polar surface area (TPSA) is 99.5 Å². The zero-order valence-corrected chi connectivity index (χ0v) is 15.7. The van der Waals surface area contributed by atoms with Crippen LogP contribution in [0.3, 0.4) is 0 Å². The lowest BCUT2D eigenvalue weighted by Crippen LogP contribution is -2.34. The molecule has 2 aromatic carbocycles. The number of hydrogen-bond donors (Lipinski definition) is 3. The number of hydrogen-bond acceptors (Lipinski definition) is 4. The third-order valence-electron chi connectivity index (χ3n) is 5.07. The summed E-state index contributed by atoms with van der Waals surface area (Å²) in [7, 11) is 3.16. The molecule has 2 amide bonds. The fourth-order valence-electron chi connectivity index (χ4n) is 3.72. The lowest BCUT2D eigenvalue weighted by molar-refractivity contribution is 0.207. The number of H-pyrrole nitrogens is 2. The van der Waals surface area contributed by atoms with Gasteiger partial charge in [0.1, 0.15) is 11.5 Å². The SMILES string of the molecule is COc1cccc(C2CCCN2C(=O)Nc2cc3[nH]c(=O)[nH]c3cc2OC)c1. The number of aromatic nitrogens is 2. The first kappa shape index (κ1) is 18.0. The van der Waals surface area contributed by atoms with E-state index in [2.05, 4.69) is 15.3 Å². The highest BCUT2D eigenvalue weighted by atomic mass is 16.5. The van der Waals surface area contributed by atoms with Crippen molar-refractivity contribution in [2.24, 2.45) is 0 Å². The van der Waals surface area contributed by atoms with Gasteiger partial charge in [0.2, 0.25) is 0 Å². The molecule has 8 heteroatoms. The maximum absolute atomic E-state index is 13.0. The number of carbonyl (C=O) groups is 1. The summed E-state index contributed by atoms with van der Waals surface area (Å²) in [4.78, 5) is 31.7. The number of urea groups is 1. The molecule has 2 heterocycles. The fraction of sp³-hybridized carbons (Fsp3) is 0.300.